The predicted molar refractivity (Wildman–Crippen MR) is 103 cm³/mol. The first-order valence-electron chi connectivity index (χ1n) is 8.22. The Bertz CT molecular complexity index is 1000. The fourth-order valence-electron chi connectivity index (χ4n) is 2.81. The number of rotatable bonds is 6. The van der Waals surface area contributed by atoms with E-state index in [1.54, 1.807) is 24.3 Å². The molecule has 3 rings (SSSR count). The maximum Gasteiger partial charge on any atom is 0.206 e. The fraction of sp³-hybridized carbons (Fsp3) is 0.143. The summed E-state index contributed by atoms with van der Waals surface area (Å²) in [6.45, 7) is 0. The van der Waals surface area contributed by atoms with Crippen LogP contribution in [0.4, 0.5) is 0 Å². The Morgan fingerprint density at radius 2 is 1.15 bits per heavy atom. The van der Waals surface area contributed by atoms with Gasteiger partial charge in [0.05, 0.1) is 31.1 Å². The molecule has 0 saturated carbocycles. The van der Waals surface area contributed by atoms with E-state index in [9.17, 15) is 8.42 Å². The van der Waals surface area contributed by atoms with Gasteiger partial charge in [-0.25, -0.2) is 8.42 Å². The van der Waals surface area contributed by atoms with Crippen molar-refractivity contribution in [2.24, 2.45) is 0 Å². The molecule has 0 radical (unpaired) electrons. The third kappa shape index (κ3) is 3.61. The number of methoxy groups -OCH3 is 3. The van der Waals surface area contributed by atoms with Crippen molar-refractivity contribution in [3.8, 4) is 28.4 Å². The van der Waals surface area contributed by atoms with E-state index in [0.717, 1.165) is 11.1 Å². The number of hydrogen-bond acceptors (Lipinski definition) is 5. The Morgan fingerprint density at radius 1 is 0.630 bits per heavy atom. The van der Waals surface area contributed by atoms with Gasteiger partial charge in [-0.2, -0.15) is 0 Å². The van der Waals surface area contributed by atoms with E-state index in [0.29, 0.717) is 5.75 Å². The third-order valence-corrected chi connectivity index (χ3v) is 5.97. The van der Waals surface area contributed by atoms with E-state index in [1.165, 1.54) is 33.5 Å². The first kappa shape index (κ1) is 18.8. The molecule has 140 valence electrons. The summed E-state index contributed by atoms with van der Waals surface area (Å²) >= 11 is 0. The first-order chi connectivity index (χ1) is 13.0. The van der Waals surface area contributed by atoms with Crippen molar-refractivity contribution in [3.63, 3.8) is 0 Å². The molecule has 0 amide bonds. The number of benzene rings is 3. The number of ether oxygens (including phenoxy) is 3. The maximum absolute atomic E-state index is 13.1. The Balaban J connectivity index is 2.04. The molecule has 3 aromatic carbocycles. The van der Waals surface area contributed by atoms with Crippen LogP contribution in [0.2, 0.25) is 0 Å². The SMILES string of the molecule is COc1cc(S(=O)(=O)c2ccc(-c3ccccc3)cc2)cc(OC)c1OC. The minimum Gasteiger partial charge on any atom is -0.493 e. The Labute approximate surface area is 159 Å². The van der Waals surface area contributed by atoms with E-state index >= 15 is 0 Å². The van der Waals surface area contributed by atoms with E-state index in [-0.39, 0.29) is 21.3 Å². The minimum absolute atomic E-state index is 0.0736. The van der Waals surface area contributed by atoms with Crippen molar-refractivity contribution in [1.29, 1.82) is 0 Å². The fourth-order valence-corrected chi connectivity index (χ4v) is 4.10. The summed E-state index contributed by atoms with van der Waals surface area (Å²) < 4.78 is 41.9. The van der Waals surface area contributed by atoms with E-state index in [2.05, 4.69) is 0 Å². The zero-order chi connectivity index (χ0) is 19.4. The molecule has 3 aromatic rings. The van der Waals surface area contributed by atoms with Crippen LogP contribution < -0.4 is 14.2 Å². The Morgan fingerprint density at radius 3 is 1.63 bits per heavy atom. The lowest BCUT2D eigenvalue weighted by molar-refractivity contribution is 0.323. The number of sulfone groups is 1. The first-order valence-corrected chi connectivity index (χ1v) is 9.70. The van der Waals surface area contributed by atoms with Crippen LogP contribution in [0.15, 0.2) is 76.5 Å². The van der Waals surface area contributed by atoms with Crippen molar-refractivity contribution >= 4 is 9.84 Å². The van der Waals surface area contributed by atoms with Crippen LogP contribution >= 0.6 is 0 Å². The lowest BCUT2D eigenvalue weighted by Gasteiger charge is -2.14. The summed E-state index contributed by atoms with van der Waals surface area (Å²) in [5.74, 6) is 0.922. The molecular weight excluding hydrogens is 364 g/mol. The molecule has 0 bridgehead atoms. The van der Waals surface area contributed by atoms with Gasteiger partial charge in [0.1, 0.15) is 0 Å². The molecule has 27 heavy (non-hydrogen) atoms. The standard InChI is InChI=1S/C21H20O5S/c1-24-19-13-18(14-20(25-2)21(19)26-3)27(22,23)17-11-9-16(10-12-17)15-7-5-4-6-8-15/h4-14H,1-3H3. The van der Waals surface area contributed by atoms with Crippen LogP contribution in [0.3, 0.4) is 0 Å². The summed E-state index contributed by atoms with van der Waals surface area (Å²) in [6, 6.07) is 19.4. The molecule has 0 saturated heterocycles. The molecule has 0 aromatic heterocycles. The van der Waals surface area contributed by atoms with E-state index in [1.807, 2.05) is 30.3 Å². The van der Waals surface area contributed by atoms with Crippen molar-refractivity contribution in [2.45, 2.75) is 9.79 Å². The summed E-state index contributed by atoms with van der Waals surface area (Å²) in [7, 11) is 0.619. The summed E-state index contributed by atoms with van der Waals surface area (Å²) in [4.78, 5) is 0.265. The van der Waals surface area contributed by atoms with Crippen LogP contribution in [0, 0.1) is 0 Å². The van der Waals surface area contributed by atoms with Gasteiger partial charge in [0.25, 0.3) is 0 Å². The second-order valence-corrected chi connectivity index (χ2v) is 7.70. The highest BCUT2D eigenvalue weighted by Crippen LogP contribution is 2.40. The van der Waals surface area contributed by atoms with Crippen molar-refractivity contribution in [2.75, 3.05) is 21.3 Å². The zero-order valence-electron chi connectivity index (χ0n) is 15.3. The van der Waals surface area contributed by atoms with Crippen LogP contribution in [-0.4, -0.2) is 29.7 Å². The normalized spacial score (nSPS) is 11.1. The van der Waals surface area contributed by atoms with Gasteiger partial charge in [0, 0.05) is 12.1 Å². The second-order valence-electron chi connectivity index (χ2n) is 5.75. The minimum atomic E-state index is -3.74. The topological polar surface area (TPSA) is 61.8 Å². The lowest BCUT2D eigenvalue weighted by Crippen LogP contribution is -2.04. The highest BCUT2D eigenvalue weighted by atomic mass is 32.2. The van der Waals surface area contributed by atoms with Crippen LogP contribution in [0.1, 0.15) is 0 Å². The van der Waals surface area contributed by atoms with Gasteiger partial charge in [-0.3, -0.25) is 0 Å². The van der Waals surface area contributed by atoms with Gasteiger partial charge in [-0.1, -0.05) is 42.5 Å². The van der Waals surface area contributed by atoms with Crippen molar-refractivity contribution < 1.29 is 22.6 Å². The summed E-state index contributed by atoms with van der Waals surface area (Å²) in [5, 5.41) is 0. The molecule has 0 aliphatic rings. The monoisotopic (exact) mass is 384 g/mol. The molecule has 6 heteroatoms. The van der Waals surface area contributed by atoms with Gasteiger partial charge < -0.3 is 14.2 Å². The van der Waals surface area contributed by atoms with E-state index < -0.39 is 9.84 Å². The number of hydrogen-bond donors (Lipinski definition) is 0. The average Bonchev–Trinajstić information content (AvgIpc) is 2.73. The molecule has 0 unspecified atom stereocenters. The van der Waals surface area contributed by atoms with Gasteiger partial charge in [0.15, 0.2) is 11.5 Å². The highest BCUT2D eigenvalue weighted by molar-refractivity contribution is 7.91. The van der Waals surface area contributed by atoms with Gasteiger partial charge in [-0.05, 0) is 23.3 Å². The molecule has 0 N–H and O–H groups in total. The molecule has 0 heterocycles. The largest absolute Gasteiger partial charge is 0.493 e. The van der Waals surface area contributed by atoms with E-state index in [4.69, 9.17) is 14.2 Å². The van der Waals surface area contributed by atoms with Gasteiger partial charge >= 0.3 is 0 Å². The van der Waals surface area contributed by atoms with Crippen molar-refractivity contribution in [3.05, 3.63) is 66.7 Å². The third-order valence-electron chi connectivity index (χ3n) is 4.22. The summed E-state index contributed by atoms with van der Waals surface area (Å²) in [6.07, 6.45) is 0. The molecule has 0 spiro atoms. The molecule has 0 aliphatic carbocycles. The van der Waals surface area contributed by atoms with Crippen molar-refractivity contribution in [1.82, 2.24) is 0 Å². The lowest BCUT2D eigenvalue weighted by atomic mass is 10.1. The maximum atomic E-state index is 13.1. The van der Waals surface area contributed by atoms with Crippen LogP contribution in [0.25, 0.3) is 11.1 Å². The van der Waals surface area contributed by atoms with Gasteiger partial charge in [0.2, 0.25) is 15.6 Å². The Hall–Kier alpha value is -2.99. The average molecular weight is 384 g/mol. The summed E-state index contributed by atoms with van der Waals surface area (Å²) in [5.41, 5.74) is 1.97. The predicted octanol–water partition coefficient (Wildman–Crippen LogP) is 4.21. The Kier molecular flexibility index (Phi) is 5.37. The quantitative estimate of drug-likeness (QED) is 0.637. The van der Waals surface area contributed by atoms with Crippen LogP contribution in [-0.2, 0) is 9.84 Å². The molecule has 0 fully saturated rings. The highest BCUT2D eigenvalue weighted by Gasteiger charge is 2.23. The molecule has 0 atom stereocenters. The molecule has 5 nitrogen and oxygen atoms in total. The van der Waals surface area contributed by atoms with Crippen LogP contribution in [0.5, 0.6) is 17.2 Å². The zero-order valence-corrected chi connectivity index (χ0v) is 16.1. The molecule has 0 aliphatic heterocycles. The smallest absolute Gasteiger partial charge is 0.206 e. The molecular formula is C21H20O5S. The second kappa shape index (κ2) is 7.72. The van der Waals surface area contributed by atoms with Gasteiger partial charge in [-0.15, -0.1) is 0 Å².